The van der Waals surface area contributed by atoms with Gasteiger partial charge in [0.2, 0.25) is 0 Å². The molecule has 1 fully saturated rings. The summed E-state index contributed by atoms with van der Waals surface area (Å²) >= 11 is 0. The number of anilines is 1. The lowest BCUT2D eigenvalue weighted by Crippen LogP contribution is -2.33. The first kappa shape index (κ1) is 16.9. The van der Waals surface area contributed by atoms with Crippen LogP contribution in [0.5, 0.6) is 0 Å². The molecule has 0 aromatic heterocycles. The van der Waals surface area contributed by atoms with Gasteiger partial charge in [-0.1, -0.05) is 42.5 Å². The maximum absolute atomic E-state index is 5.92. The molecule has 118 valence electrons. The molecule has 2 nitrogen and oxygen atoms in total. The lowest BCUT2D eigenvalue weighted by atomic mass is 10.1. The highest BCUT2D eigenvalue weighted by Gasteiger charge is 2.31. The molecule has 22 heavy (non-hydrogen) atoms. The van der Waals surface area contributed by atoms with Crippen LogP contribution in [-0.4, -0.2) is 10.9 Å². The van der Waals surface area contributed by atoms with Gasteiger partial charge in [0, 0.05) is 24.8 Å². The van der Waals surface area contributed by atoms with E-state index < -0.39 is 0 Å². The van der Waals surface area contributed by atoms with Crippen molar-refractivity contribution < 1.29 is 0 Å². The van der Waals surface area contributed by atoms with E-state index in [9.17, 15) is 0 Å². The summed E-state index contributed by atoms with van der Waals surface area (Å²) in [6.45, 7) is 4.35. The Morgan fingerprint density at radius 1 is 1.00 bits per heavy atom. The molecule has 2 N–H and O–H groups in total. The molecule has 0 heterocycles. The Bertz CT molecular complexity index is 581. The fraction of sp³-hybridized carbons (Fsp3) is 0.368. The quantitative estimate of drug-likeness (QED) is 0.795. The Kier molecular flexibility index (Phi) is 5.87. The first-order valence-electron chi connectivity index (χ1n) is 7.85. The fourth-order valence-corrected chi connectivity index (χ4v) is 2.96. The molecule has 2 aromatic rings. The summed E-state index contributed by atoms with van der Waals surface area (Å²) in [5.41, 5.74) is 9.46. The Morgan fingerprint density at radius 3 is 2.27 bits per heavy atom. The minimum atomic E-state index is 0. The van der Waals surface area contributed by atoms with Gasteiger partial charge in [-0.05, 0) is 48.9 Å². The third-order valence-corrected chi connectivity index (χ3v) is 4.45. The van der Waals surface area contributed by atoms with E-state index in [-0.39, 0.29) is 12.4 Å². The average molecular weight is 317 g/mol. The topological polar surface area (TPSA) is 29.3 Å². The second kappa shape index (κ2) is 7.66. The number of nitrogens with two attached hydrogens (primary N) is 1. The van der Waals surface area contributed by atoms with Crippen molar-refractivity contribution in [3.63, 3.8) is 0 Å². The van der Waals surface area contributed by atoms with Gasteiger partial charge in [0.25, 0.3) is 0 Å². The van der Waals surface area contributed by atoms with Crippen LogP contribution in [0.4, 0.5) is 5.69 Å². The van der Waals surface area contributed by atoms with Crippen molar-refractivity contribution in [2.75, 3.05) is 5.73 Å². The zero-order valence-corrected chi connectivity index (χ0v) is 13.9. The number of rotatable bonds is 6. The highest BCUT2D eigenvalue weighted by molar-refractivity contribution is 5.85. The molecular formula is C19H25ClN2. The van der Waals surface area contributed by atoms with Crippen molar-refractivity contribution in [1.29, 1.82) is 0 Å². The Balaban J connectivity index is 0.00000176. The summed E-state index contributed by atoms with van der Waals surface area (Å²) in [5.74, 6) is 0.870. The Morgan fingerprint density at radius 2 is 1.64 bits per heavy atom. The van der Waals surface area contributed by atoms with Crippen LogP contribution in [0, 0.1) is 5.92 Å². The largest absolute Gasteiger partial charge is 0.399 e. The fourth-order valence-electron chi connectivity index (χ4n) is 2.96. The predicted molar refractivity (Wildman–Crippen MR) is 96.0 cm³/mol. The average Bonchev–Trinajstić information content (AvgIpc) is 3.32. The SMILES string of the molecule is CC(C1CC1)N(Cc1ccccc1)Cc1cccc(N)c1.Cl. The van der Waals surface area contributed by atoms with Gasteiger partial charge in [-0.3, -0.25) is 4.90 Å². The van der Waals surface area contributed by atoms with Crippen LogP contribution in [0.25, 0.3) is 0 Å². The van der Waals surface area contributed by atoms with E-state index in [1.807, 2.05) is 12.1 Å². The number of halogens is 1. The highest BCUT2D eigenvalue weighted by Crippen LogP contribution is 2.36. The van der Waals surface area contributed by atoms with Crippen molar-refractivity contribution >= 4 is 18.1 Å². The number of hydrogen-bond acceptors (Lipinski definition) is 2. The smallest absolute Gasteiger partial charge is 0.0317 e. The summed E-state index contributed by atoms with van der Waals surface area (Å²) in [7, 11) is 0. The van der Waals surface area contributed by atoms with Gasteiger partial charge < -0.3 is 5.73 Å². The highest BCUT2D eigenvalue weighted by atomic mass is 35.5. The maximum Gasteiger partial charge on any atom is 0.0317 e. The number of nitrogens with zero attached hydrogens (tertiary/aromatic N) is 1. The van der Waals surface area contributed by atoms with E-state index in [0.29, 0.717) is 6.04 Å². The summed E-state index contributed by atoms with van der Waals surface area (Å²) in [4.78, 5) is 2.59. The van der Waals surface area contributed by atoms with Crippen LogP contribution < -0.4 is 5.73 Å². The normalized spacial score (nSPS) is 15.4. The van der Waals surface area contributed by atoms with E-state index in [1.165, 1.54) is 24.0 Å². The maximum atomic E-state index is 5.92. The first-order chi connectivity index (χ1) is 10.2. The zero-order chi connectivity index (χ0) is 14.7. The molecule has 1 unspecified atom stereocenters. The van der Waals surface area contributed by atoms with E-state index in [0.717, 1.165) is 24.7 Å². The molecule has 1 atom stereocenters. The van der Waals surface area contributed by atoms with Crippen LogP contribution in [0.2, 0.25) is 0 Å². The van der Waals surface area contributed by atoms with Crippen LogP contribution >= 0.6 is 12.4 Å². The van der Waals surface area contributed by atoms with Crippen LogP contribution in [0.1, 0.15) is 30.9 Å². The molecule has 0 aliphatic heterocycles. The first-order valence-corrected chi connectivity index (χ1v) is 7.85. The molecule has 2 aromatic carbocycles. The van der Waals surface area contributed by atoms with Crippen molar-refractivity contribution in [3.05, 3.63) is 65.7 Å². The summed E-state index contributed by atoms with van der Waals surface area (Å²) in [6.07, 6.45) is 2.76. The van der Waals surface area contributed by atoms with Crippen LogP contribution in [0.15, 0.2) is 54.6 Å². The molecule has 0 radical (unpaired) electrons. The molecule has 0 bridgehead atoms. The molecule has 3 heteroatoms. The summed E-state index contributed by atoms with van der Waals surface area (Å²) in [5, 5.41) is 0. The number of hydrogen-bond donors (Lipinski definition) is 1. The molecular weight excluding hydrogens is 292 g/mol. The molecule has 1 saturated carbocycles. The summed E-state index contributed by atoms with van der Waals surface area (Å²) < 4.78 is 0. The van der Waals surface area contributed by atoms with Crippen molar-refractivity contribution in [1.82, 2.24) is 4.90 Å². The van der Waals surface area contributed by atoms with E-state index >= 15 is 0 Å². The third-order valence-electron chi connectivity index (χ3n) is 4.45. The second-order valence-corrected chi connectivity index (χ2v) is 6.21. The number of nitrogen functional groups attached to an aromatic ring is 1. The molecule has 1 aliphatic carbocycles. The monoisotopic (exact) mass is 316 g/mol. The van der Waals surface area contributed by atoms with Gasteiger partial charge >= 0.3 is 0 Å². The lowest BCUT2D eigenvalue weighted by molar-refractivity contribution is 0.172. The van der Waals surface area contributed by atoms with Gasteiger partial charge in [0.05, 0.1) is 0 Å². The second-order valence-electron chi connectivity index (χ2n) is 6.21. The van der Waals surface area contributed by atoms with Crippen molar-refractivity contribution in [2.24, 2.45) is 5.92 Å². The van der Waals surface area contributed by atoms with E-state index in [2.05, 4.69) is 54.3 Å². The molecule has 0 saturated heterocycles. The number of benzene rings is 2. The lowest BCUT2D eigenvalue weighted by Gasteiger charge is -2.29. The summed E-state index contributed by atoms with van der Waals surface area (Å²) in [6, 6.07) is 19.7. The van der Waals surface area contributed by atoms with Gasteiger partial charge in [-0.25, -0.2) is 0 Å². The Hall–Kier alpha value is -1.51. The standard InChI is InChI=1S/C19H24N2.ClH/c1-15(18-10-11-18)21(13-16-6-3-2-4-7-16)14-17-8-5-9-19(20)12-17;/h2-9,12,15,18H,10-11,13-14,20H2,1H3;1H. The molecule has 1 aliphatic rings. The zero-order valence-electron chi connectivity index (χ0n) is 13.1. The molecule has 0 amide bonds. The molecule has 3 rings (SSSR count). The third kappa shape index (κ3) is 4.49. The molecule has 0 spiro atoms. The van der Waals surface area contributed by atoms with E-state index in [1.54, 1.807) is 0 Å². The van der Waals surface area contributed by atoms with Crippen molar-refractivity contribution in [3.8, 4) is 0 Å². The van der Waals surface area contributed by atoms with Crippen LogP contribution in [0.3, 0.4) is 0 Å². The van der Waals surface area contributed by atoms with Crippen LogP contribution in [-0.2, 0) is 13.1 Å². The van der Waals surface area contributed by atoms with Gasteiger partial charge in [-0.15, -0.1) is 12.4 Å². The van der Waals surface area contributed by atoms with Crippen molar-refractivity contribution in [2.45, 2.75) is 38.9 Å². The minimum absolute atomic E-state index is 0. The van der Waals surface area contributed by atoms with Gasteiger partial charge in [0.1, 0.15) is 0 Å². The minimum Gasteiger partial charge on any atom is -0.399 e. The predicted octanol–water partition coefficient (Wildman–Crippen LogP) is 4.49. The van der Waals surface area contributed by atoms with Gasteiger partial charge in [-0.2, -0.15) is 0 Å². The Labute approximate surface area is 139 Å². The van der Waals surface area contributed by atoms with Gasteiger partial charge in [0.15, 0.2) is 0 Å². The van der Waals surface area contributed by atoms with E-state index in [4.69, 9.17) is 5.73 Å².